The largest absolute Gasteiger partial charge is 0.279 e. The average Bonchev–Trinajstić information content (AvgIpc) is 2.37. The van der Waals surface area contributed by atoms with E-state index in [1.807, 2.05) is 4.72 Å². The third kappa shape index (κ3) is 3.44. The molecule has 0 unspecified atom stereocenters. The van der Waals surface area contributed by atoms with E-state index in [9.17, 15) is 22.9 Å². The second kappa shape index (κ2) is 5.62. The van der Waals surface area contributed by atoms with Gasteiger partial charge in [0, 0.05) is 18.5 Å². The lowest BCUT2D eigenvalue weighted by atomic mass is 10.3. The van der Waals surface area contributed by atoms with E-state index in [2.05, 4.69) is 4.98 Å². The highest BCUT2D eigenvalue weighted by molar-refractivity contribution is 7.92. The first-order valence-corrected chi connectivity index (χ1v) is 7.23. The number of benzene rings is 1. The maximum absolute atomic E-state index is 13.3. The molecule has 0 aliphatic rings. The number of nitro groups is 1. The highest BCUT2D eigenvalue weighted by atomic mass is 35.5. The monoisotopic (exact) mass is 331 g/mol. The summed E-state index contributed by atoms with van der Waals surface area (Å²) in [6, 6.07) is 3.65. The van der Waals surface area contributed by atoms with E-state index in [4.69, 9.17) is 11.6 Å². The summed E-state index contributed by atoms with van der Waals surface area (Å²) in [5.74, 6) is -0.945. The van der Waals surface area contributed by atoms with E-state index in [1.165, 1.54) is 12.3 Å². The van der Waals surface area contributed by atoms with Crippen molar-refractivity contribution in [1.29, 1.82) is 0 Å². The van der Waals surface area contributed by atoms with Crippen LogP contribution in [0.15, 0.2) is 41.6 Å². The van der Waals surface area contributed by atoms with Gasteiger partial charge in [0.15, 0.2) is 0 Å². The molecule has 0 saturated carbocycles. The Hall–Kier alpha value is -2.26. The number of rotatable bonds is 4. The Bertz CT molecular complexity index is 813. The predicted molar refractivity (Wildman–Crippen MR) is 73.1 cm³/mol. The molecule has 0 fully saturated rings. The molecule has 0 spiro atoms. The van der Waals surface area contributed by atoms with Gasteiger partial charge in [0.2, 0.25) is 0 Å². The van der Waals surface area contributed by atoms with Crippen LogP contribution in [0.2, 0.25) is 5.02 Å². The van der Waals surface area contributed by atoms with Crippen molar-refractivity contribution in [3.63, 3.8) is 0 Å². The molecule has 0 atom stereocenters. The number of halogens is 2. The summed E-state index contributed by atoms with van der Waals surface area (Å²) in [6.07, 6.45) is 2.31. The fourth-order valence-corrected chi connectivity index (χ4v) is 2.98. The summed E-state index contributed by atoms with van der Waals surface area (Å²) in [6.45, 7) is 0. The van der Waals surface area contributed by atoms with Gasteiger partial charge in [-0.1, -0.05) is 11.6 Å². The van der Waals surface area contributed by atoms with Crippen LogP contribution >= 0.6 is 11.6 Å². The van der Waals surface area contributed by atoms with Crippen molar-refractivity contribution in [3.05, 3.63) is 57.6 Å². The summed E-state index contributed by atoms with van der Waals surface area (Å²) >= 11 is 5.75. The molecule has 0 aliphatic heterocycles. The maximum Gasteiger partial charge on any atom is 0.274 e. The first-order chi connectivity index (χ1) is 9.79. The molecule has 0 bridgehead atoms. The number of aromatic nitrogens is 1. The number of anilines is 1. The lowest BCUT2D eigenvalue weighted by molar-refractivity contribution is -0.385. The first-order valence-electron chi connectivity index (χ1n) is 5.37. The number of non-ortho nitro benzene ring substituents is 1. The van der Waals surface area contributed by atoms with Crippen LogP contribution in [-0.4, -0.2) is 18.3 Å². The minimum absolute atomic E-state index is 0.0802. The summed E-state index contributed by atoms with van der Waals surface area (Å²) in [5.41, 5.74) is -0.869. The maximum atomic E-state index is 13.3. The number of hydrogen-bond donors (Lipinski definition) is 1. The standard InChI is InChI=1S/C11H7ClFN3O4S/c12-10-1-2-14-6-11(10)21(19,20)15-8-3-7(13)4-9(5-8)16(17)18/h1-6,15H. The molecule has 0 saturated heterocycles. The molecule has 1 aromatic heterocycles. The molecular formula is C11H7ClFN3O4S. The van der Waals surface area contributed by atoms with E-state index in [1.54, 1.807) is 0 Å². The molecule has 1 aromatic carbocycles. The van der Waals surface area contributed by atoms with Crippen LogP contribution in [0.5, 0.6) is 0 Å². The molecule has 0 aliphatic carbocycles. The van der Waals surface area contributed by atoms with Crippen molar-refractivity contribution in [3.8, 4) is 0 Å². The van der Waals surface area contributed by atoms with Gasteiger partial charge in [-0.05, 0) is 12.1 Å². The summed E-state index contributed by atoms with van der Waals surface area (Å²) in [5, 5.41) is 10.5. The van der Waals surface area contributed by atoms with Crippen LogP contribution < -0.4 is 4.72 Å². The zero-order chi connectivity index (χ0) is 15.6. The number of hydrogen-bond acceptors (Lipinski definition) is 5. The fraction of sp³-hybridized carbons (Fsp3) is 0. The highest BCUT2D eigenvalue weighted by Crippen LogP contribution is 2.25. The zero-order valence-electron chi connectivity index (χ0n) is 10.2. The van der Waals surface area contributed by atoms with Crippen molar-refractivity contribution >= 4 is 33.0 Å². The molecule has 21 heavy (non-hydrogen) atoms. The molecule has 7 nitrogen and oxygen atoms in total. The van der Waals surface area contributed by atoms with Gasteiger partial charge in [-0.15, -0.1) is 0 Å². The van der Waals surface area contributed by atoms with E-state index in [-0.39, 0.29) is 15.6 Å². The number of nitrogens with zero attached hydrogens (tertiary/aromatic N) is 2. The van der Waals surface area contributed by atoms with Gasteiger partial charge >= 0.3 is 0 Å². The van der Waals surface area contributed by atoms with Crippen LogP contribution in [0.25, 0.3) is 0 Å². The Balaban J connectivity index is 2.42. The van der Waals surface area contributed by atoms with Crippen molar-refractivity contribution in [2.45, 2.75) is 4.90 Å². The van der Waals surface area contributed by atoms with Crippen molar-refractivity contribution < 1.29 is 17.7 Å². The summed E-state index contributed by atoms with van der Waals surface area (Å²) < 4.78 is 39.5. The van der Waals surface area contributed by atoms with Gasteiger partial charge < -0.3 is 0 Å². The first kappa shape index (κ1) is 15.1. The minimum atomic E-state index is -4.14. The van der Waals surface area contributed by atoms with Crippen molar-refractivity contribution in [1.82, 2.24) is 4.98 Å². The second-order valence-corrected chi connectivity index (χ2v) is 5.92. The molecule has 2 aromatic rings. The minimum Gasteiger partial charge on any atom is -0.279 e. The van der Waals surface area contributed by atoms with Crippen molar-refractivity contribution in [2.24, 2.45) is 0 Å². The number of nitrogens with one attached hydrogen (secondary N) is 1. The Morgan fingerprint density at radius 2 is 2.05 bits per heavy atom. The fourth-order valence-electron chi connectivity index (χ4n) is 1.51. The Kier molecular flexibility index (Phi) is 4.05. The predicted octanol–water partition coefficient (Wildman–Crippen LogP) is 2.58. The zero-order valence-corrected chi connectivity index (χ0v) is 11.7. The van der Waals surface area contributed by atoms with Crippen LogP contribution in [-0.2, 0) is 10.0 Å². The lowest BCUT2D eigenvalue weighted by Crippen LogP contribution is -2.14. The quantitative estimate of drug-likeness (QED) is 0.685. The SMILES string of the molecule is O=[N+]([O-])c1cc(F)cc(NS(=O)(=O)c2cnccc2Cl)c1. The van der Waals surface area contributed by atoms with E-state index in [0.29, 0.717) is 6.07 Å². The molecule has 110 valence electrons. The third-order valence-electron chi connectivity index (χ3n) is 2.37. The van der Waals surface area contributed by atoms with E-state index < -0.39 is 26.5 Å². The second-order valence-electron chi connectivity index (χ2n) is 3.87. The molecule has 0 radical (unpaired) electrons. The van der Waals surface area contributed by atoms with Gasteiger partial charge in [0.25, 0.3) is 15.7 Å². The number of pyridine rings is 1. The molecule has 1 N–H and O–H groups in total. The molecule has 2 rings (SSSR count). The van der Waals surface area contributed by atoms with Crippen molar-refractivity contribution in [2.75, 3.05) is 4.72 Å². The van der Waals surface area contributed by atoms with Crippen LogP contribution in [0.3, 0.4) is 0 Å². The number of sulfonamides is 1. The molecule has 1 heterocycles. The van der Waals surface area contributed by atoms with Gasteiger partial charge in [-0.2, -0.15) is 0 Å². The van der Waals surface area contributed by atoms with Crippen LogP contribution in [0.4, 0.5) is 15.8 Å². The van der Waals surface area contributed by atoms with Gasteiger partial charge in [0.1, 0.15) is 10.7 Å². The smallest absolute Gasteiger partial charge is 0.274 e. The molecular weight excluding hydrogens is 325 g/mol. The van der Waals surface area contributed by atoms with Gasteiger partial charge in [-0.3, -0.25) is 19.8 Å². The van der Waals surface area contributed by atoms with E-state index >= 15 is 0 Å². The van der Waals surface area contributed by atoms with Crippen LogP contribution in [0.1, 0.15) is 0 Å². The van der Waals surface area contributed by atoms with Crippen LogP contribution in [0, 0.1) is 15.9 Å². The van der Waals surface area contributed by atoms with Gasteiger partial charge in [0.05, 0.1) is 21.7 Å². The third-order valence-corrected chi connectivity index (χ3v) is 4.22. The van der Waals surface area contributed by atoms with Gasteiger partial charge in [-0.25, -0.2) is 12.8 Å². The normalized spacial score (nSPS) is 11.1. The average molecular weight is 332 g/mol. The van der Waals surface area contributed by atoms with E-state index in [0.717, 1.165) is 18.3 Å². The summed E-state index contributed by atoms with van der Waals surface area (Å²) in [4.78, 5) is 13.1. The Labute approximate surface area is 123 Å². The Morgan fingerprint density at radius 1 is 1.33 bits per heavy atom. The lowest BCUT2D eigenvalue weighted by Gasteiger charge is -2.09. The Morgan fingerprint density at radius 3 is 2.67 bits per heavy atom. The summed E-state index contributed by atoms with van der Waals surface area (Å²) in [7, 11) is -4.14. The topological polar surface area (TPSA) is 102 Å². The molecule has 10 heteroatoms. The molecule has 0 amide bonds. The number of nitro benzene ring substituents is 1. The highest BCUT2D eigenvalue weighted by Gasteiger charge is 2.20.